The van der Waals surface area contributed by atoms with Crippen molar-refractivity contribution in [1.82, 2.24) is 0 Å². The van der Waals surface area contributed by atoms with Crippen LogP contribution in [0.5, 0.6) is 0 Å². The van der Waals surface area contributed by atoms with Gasteiger partial charge in [0.1, 0.15) is 0 Å². The van der Waals surface area contributed by atoms with E-state index in [0.29, 0.717) is 12.5 Å². The zero-order chi connectivity index (χ0) is 11.2. The van der Waals surface area contributed by atoms with E-state index in [-0.39, 0.29) is 11.4 Å². The molecule has 0 fully saturated rings. The van der Waals surface area contributed by atoms with Gasteiger partial charge in [-0.2, -0.15) is 0 Å². The average Bonchev–Trinajstić information content (AvgIpc) is 2.14. The Balaban J connectivity index is 4.45. The second-order valence-electron chi connectivity index (χ2n) is 4.40. The topological polar surface area (TPSA) is 26.3 Å². The van der Waals surface area contributed by atoms with E-state index in [0.717, 1.165) is 19.3 Å². The number of hydrogen-bond donors (Lipinski definition) is 0. The maximum Gasteiger partial charge on any atom is 0.312 e. The van der Waals surface area contributed by atoms with E-state index in [9.17, 15) is 4.79 Å². The van der Waals surface area contributed by atoms with Crippen LogP contribution in [-0.4, -0.2) is 12.6 Å². The van der Waals surface area contributed by atoms with Crippen LogP contribution >= 0.6 is 0 Å². The summed E-state index contributed by atoms with van der Waals surface area (Å²) >= 11 is 0. The summed E-state index contributed by atoms with van der Waals surface area (Å²) in [7, 11) is 0. The van der Waals surface area contributed by atoms with Crippen LogP contribution in [0, 0.1) is 11.3 Å². The molecule has 0 saturated heterocycles. The lowest BCUT2D eigenvalue weighted by atomic mass is 9.75. The number of rotatable bonds is 6. The number of ether oxygens (including phenoxy) is 1. The Morgan fingerprint density at radius 2 is 1.93 bits per heavy atom. The SMILES string of the molecule is CCCCC(C)(C(=O)OCC)C(C)C. The van der Waals surface area contributed by atoms with E-state index in [1.54, 1.807) is 0 Å². The van der Waals surface area contributed by atoms with Crippen molar-refractivity contribution < 1.29 is 9.53 Å². The predicted octanol–water partition coefficient (Wildman–Crippen LogP) is 3.40. The molecule has 0 spiro atoms. The highest BCUT2D eigenvalue weighted by Gasteiger charge is 2.37. The molecule has 1 unspecified atom stereocenters. The summed E-state index contributed by atoms with van der Waals surface area (Å²) in [6.45, 7) is 10.7. The van der Waals surface area contributed by atoms with Crippen LogP contribution in [0.3, 0.4) is 0 Å². The van der Waals surface area contributed by atoms with Crippen molar-refractivity contribution >= 4 is 5.97 Å². The molecular weight excluding hydrogens is 176 g/mol. The van der Waals surface area contributed by atoms with Gasteiger partial charge in [0.15, 0.2) is 0 Å². The second kappa shape index (κ2) is 6.05. The maximum absolute atomic E-state index is 11.8. The number of unbranched alkanes of at least 4 members (excludes halogenated alkanes) is 1. The van der Waals surface area contributed by atoms with Crippen molar-refractivity contribution in [3.63, 3.8) is 0 Å². The van der Waals surface area contributed by atoms with E-state index in [2.05, 4.69) is 20.8 Å². The molecular formula is C12H24O2. The Morgan fingerprint density at radius 1 is 1.36 bits per heavy atom. The van der Waals surface area contributed by atoms with Gasteiger partial charge < -0.3 is 4.74 Å². The number of esters is 1. The lowest BCUT2D eigenvalue weighted by molar-refractivity contribution is -0.157. The molecule has 0 radical (unpaired) electrons. The molecule has 0 aromatic carbocycles. The Bertz CT molecular complexity index is 175. The minimum absolute atomic E-state index is 0.0385. The van der Waals surface area contributed by atoms with Crippen LogP contribution in [0.1, 0.15) is 53.9 Å². The van der Waals surface area contributed by atoms with E-state index < -0.39 is 0 Å². The Morgan fingerprint density at radius 3 is 2.29 bits per heavy atom. The van der Waals surface area contributed by atoms with Crippen LogP contribution < -0.4 is 0 Å². The number of carbonyl (C=O) groups is 1. The summed E-state index contributed by atoms with van der Waals surface area (Å²) in [5.74, 6) is 0.302. The quantitative estimate of drug-likeness (QED) is 0.614. The summed E-state index contributed by atoms with van der Waals surface area (Å²) in [5.41, 5.74) is -0.300. The molecule has 0 aliphatic rings. The fourth-order valence-electron chi connectivity index (χ4n) is 1.47. The minimum Gasteiger partial charge on any atom is -0.466 e. The molecule has 0 saturated carbocycles. The van der Waals surface area contributed by atoms with Crippen molar-refractivity contribution in [2.75, 3.05) is 6.61 Å². The number of carbonyl (C=O) groups excluding carboxylic acids is 1. The fourth-order valence-corrected chi connectivity index (χ4v) is 1.47. The molecule has 0 amide bonds. The lowest BCUT2D eigenvalue weighted by Gasteiger charge is -2.31. The predicted molar refractivity (Wildman–Crippen MR) is 59.1 cm³/mol. The Kier molecular flexibility index (Phi) is 5.82. The second-order valence-corrected chi connectivity index (χ2v) is 4.40. The zero-order valence-corrected chi connectivity index (χ0v) is 10.2. The first-order valence-electron chi connectivity index (χ1n) is 5.66. The van der Waals surface area contributed by atoms with Gasteiger partial charge in [-0.15, -0.1) is 0 Å². The van der Waals surface area contributed by atoms with Crippen LogP contribution in [0.15, 0.2) is 0 Å². The van der Waals surface area contributed by atoms with E-state index in [4.69, 9.17) is 4.74 Å². The molecule has 84 valence electrons. The van der Waals surface area contributed by atoms with Gasteiger partial charge in [0, 0.05) is 0 Å². The molecule has 0 aromatic rings. The van der Waals surface area contributed by atoms with E-state index in [1.165, 1.54) is 0 Å². The van der Waals surface area contributed by atoms with Crippen LogP contribution in [0.25, 0.3) is 0 Å². The Hall–Kier alpha value is -0.530. The van der Waals surface area contributed by atoms with Gasteiger partial charge in [0.25, 0.3) is 0 Å². The van der Waals surface area contributed by atoms with Gasteiger partial charge in [-0.1, -0.05) is 33.6 Å². The third-order valence-electron chi connectivity index (χ3n) is 3.07. The molecule has 0 aliphatic heterocycles. The first-order chi connectivity index (χ1) is 6.49. The van der Waals surface area contributed by atoms with E-state index >= 15 is 0 Å². The van der Waals surface area contributed by atoms with Gasteiger partial charge in [-0.3, -0.25) is 4.79 Å². The summed E-state index contributed by atoms with van der Waals surface area (Å²) in [5, 5.41) is 0. The normalized spacial score (nSPS) is 15.3. The van der Waals surface area contributed by atoms with Crippen LogP contribution in [0.4, 0.5) is 0 Å². The standard InChI is InChI=1S/C12H24O2/c1-6-8-9-12(5,10(3)4)11(13)14-7-2/h10H,6-9H2,1-5H3. The molecule has 0 heterocycles. The van der Waals surface area contributed by atoms with Gasteiger partial charge >= 0.3 is 5.97 Å². The van der Waals surface area contributed by atoms with Crippen molar-refractivity contribution in [1.29, 1.82) is 0 Å². The third-order valence-corrected chi connectivity index (χ3v) is 3.07. The Labute approximate surface area is 88.0 Å². The van der Waals surface area contributed by atoms with Crippen molar-refractivity contribution in [3.8, 4) is 0 Å². The summed E-state index contributed by atoms with van der Waals surface area (Å²) < 4.78 is 5.13. The zero-order valence-electron chi connectivity index (χ0n) is 10.2. The fraction of sp³-hybridized carbons (Fsp3) is 0.917. The largest absolute Gasteiger partial charge is 0.466 e. The smallest absolute Gasteiger partial charge is 0.312 e. The van der Waals surface area contributed by atoms with E-state index in [1.807, 2.05) is 13.8 Å². The summed E-state index contributed by atoms with van der Waals surface area (Å²) in [6.07, 6.45) is 3.15. The van der Waals surface area contributed by atoms with Gasteiger partial charge in [-0.25, -0.2) is 0 Å². The highest BCUT2D eigenvalue weighted by Crippen LogP contribution is 2.34. The first-order valence-corrected chi connectivity index (χ1v) is 5.66. The summed E-state index contributed by atoms with van der Waals surface area (Å²) in [4.78, 5) is 11.8. The van der Waals surface area contributed by atoms with Crippen molar-refractivity contribution in [2.45, 2.75) is 53.9 Å². The van der Waals surface area contributed by atoms with Gasteiger partial charge in [-0.05, 0) is 26.2 Å². The summed E-state index contributed by atoms with van der Waals surface area (Å²) in [6, 6.07) is 0. The highest BCUT2D eigenvalue weighted by molar-refractivity contribution is 5.76. The molecule has 0 aromatic heterocycles. The maximum atomic E-state index is 11.8. The highest BCUT2D eigenvalue weighted by atomic mass is 16.5. The first kappa shape index (κ1) is 13.5. The van der Waals surface area contributed by atoms with Crippen LogP contribution in [0.2, 0.25) is 0 Å². The number of hydrogen-bond acceptors (Lipinski definition) is 2. The third kappa shape index (κ3) is 3.32. The molecule has 0 rings (SSSR count). The van der Waals surface area contributed by atoms with Gasteiger partial charge in [0.2, 0.25) is 0 Å². The average molecular weight is 200 g/mol. The molecule has 0 N–H and O–H groups in total. The molecule has 2 heteroatoms. The molecule has 2 nitrogen and oxygen atoms in total. The molecule has 0 aliphatic carbocycles. The molecule has 14 heavy (non-hydrogen) atoms. The van der Waals surface area contributed by atoms with Gasteiger partial charge in [0.05, 0.1) is 12.0 Å². The minimum atomic E-state index is -0.300. The van der Waals surface area contributed by atoms with Crippen molar-refractivity contribution in [3.05, 3.63) is 0 Å². The molecule has 0 bridgehead atoms. The van der Waals surface area contributed by atoms with Crippen LogP contribution in [-0.2, 0) is 9.53 Å². The molecule has 1 atom stereocenters. The lowest BCUT2D eigenvalue weighted by Crippen LogP contribution is -2.35. The monoisotopic (exact) mass is 200 g/mol. The van der Waals surface area contributed by atoms with Crippen molar-refractivity contribution in [2.24, 2.45) is 11.3 Å².